The molecule has 0 aliphatic rings. The molecule has 3 aromatic rings. The molecule has 0 aliphatic heterocycles. The van der Waals surface area contributed by atoms with Crippen molar-refractivity contribution in [3.63, 3.8) is 0 Å². The molecule has 86 valence electrons. The van der Waals surface area contributed by atoms with Crippen molar-refractivity contribution in [3.8, 4) is 0 Å². The number of aromatic nitrogens is 4. The van der Waals surface area contributed by atoms with Gasteiger partial charge >= 0.3 is 0 Å². The van der Waals surface area contributed by atoms with Gasteiger partial charge in [-0.2, -0.15) is 0 Å². The quantitative estimate of drug-likeness (QED) is 0.681. The van der Waals surface area contributed by atoms with Gasteiger partial charge in [0.25, 0.3) is 0 Å². The van der Waals surface area contributed by atoms with Crippen LogP contribution < -0.4 is 0 Å². The largest absolute Gasteiger partial charge is 0.312 e. The maximum absolute atomic E-state index is 4.58. The maximum atomic E-state index is 4.58. The molecule has 0 aliphatic carbocycles. The minimum absolute atomic E-state index is 0.839. The first-order valence-corrected chi connectivity index (χ1v) is 6.94. The third-order valence-electron chi connectivity index (χ3n) is 2.33. The second kappa shape index (κ2) is 4.46. The van der Waals surface area contributed by atoms with Gasteiger partial charge in [-0.3, -0.25) is 0 Å². The van der Waals surface area contributed by atoms with E-state index in [1.807, 2.05) is 29.8 Å². The van der Waals surface area contributed by atoms with E-state index in [0.29, 0.717) is 0 Å². The summed E-state index contributed by atoms with van der Waals surface area (Å²) in [4.78, 5) is 4.58. The van der Waals surface area contributed by atoms with Gasteiger partial charge in [-0.25, -0.2) is 4.98 Å². The van der Waals surface area contributed by atoms with Gasteiger partial charge in [-0.15, -0.1) is 21.5 Å². The van der Waals surface area contributed by atoms with Gasteiger partial charge in [0, 0.05) is 7.05 Å². The Morgan fingerprint density at radius 3 is 3.00 bits per heavy atom. The Labute approximate surface area is 107 Å². The number of hydrogen-bond donors (Lipinski definition) is 0. The van der Waals surface area contributed by atoms with E-state index in [4.69, 9.17) is 0 Å². The van der Waals surface area contributed by atoms with E-state index in [1.165, 1.54) is 4.70 Å². The lowest BCUT2D eigenvalue weighted by atomic mass is 10.3. The predicted molar refractivity (Wildman–Crippen MR) is 70.2 cm³/mol. The lowest BCUT2D eigenvalue weighted by molar-refractivity contribution is 0.788. The summed E-state index contributed by atoms with van der Waals surface area (Å²) >= 11 is 3.39. The van der Waals surface area contributed by atoms with Crippen molar-refractivity contribution >= 4 is 33.3 Å². The fraction of sp³-hybridized carbons (Fsp3) is 0.182. The van der Waals surface area contributed by atoms with Gasteiger partial charge < -0.3 is 4.57 Å². The Balaban J connectivity index is 1.79. The number of thioether (sulfide) groups is 1. The third-order valence-corrected chi connectivity index (χ3v) is 4.60. The number of aryl methyl sites for hydroxylation is 1. The summed E-state index contributed by atoms with van der Waals surface area (Å²) in [7, 11) is 1.95. The molecular weight excluding hydrogens is 252 g/mol. The average Bonchev–Trinajstić information content (AvgIpc) is 2.92. The summed E-state index contributed by atoms with van der Waals surface area (Å²) in [5, 5.41) is 9.93. The molecule has 2 heterocycles. The molecule has 0 saturated heterocycles. The van der Waals surface area contributed by atoms with Crippen LogP contribution in [0.4, 0.5) is 0 Å². The first-order valence-electron chi connectivity index (χ1n) is 5.14. The molecule has 0 N–H and O–H groups in total. The lowest BCUT2D eigenvalue weighted by Crippen LogP contribution is -1.89. The molecular formula is C11H10N4S2. The van der Waals surface area contributed by atoms with Crippen LogP contribution in [0.3, 0.4) is 0 Å². The number of benzene rings is 1. The van der Waals surface area contributed by atoms with Crippen LogP contribution in [0.25, 0.3) is 10.2 Å². The maximum Gasteiger partial charge on any atom is 0.191 e. The molecule has 17 heavy (non-hydrogen) atoms. The summed E-state index contributed by atoms with van der Waals surface area (Å²) in [5.41, 5.74) is 1.08. The molecule has 1 aromatic carbocycles. The van der Waals surface area contributed by atoms with E-state index < -0.39 is 0 Å². The Bertz CT molecular complexity index is 611. The molecule has 0 atom stereocenters. The van der Waals surface area contributed by atoms with Crippen molar-refractivity contribution in [1.29, 1.82) is 0 Å². The minimum Gasteiger partial charge on any atom is -0.312 e. The van der Waals surface area contributed by atoms with E-state index >= 15 is 0 Å². The van der Waals surface area contributed by atoms with Gasteiger partial charge in [-0.1, -0.05) is 23.9 Å². The van der Waals surface area contributed by atoms with Crippen LogP contribution in [0.2, 0.25) is 0 Å². The molecule has 4 nitrogen and oxygen atoms in total. The van der Waals surface area contributed by atoms with Gasteiger partial charge in [0.2, 0.25) is 0 Å². The van der Waals surface area contributed by atoms with Crippen LogP contribution in [0.1, 0.15) is 5.01 Å². The van der Waals surface area contributed by atoms with Crippen LogP contribution in [0, 0.1) is 0 Å². The standard InChI is InChI=1S/C11H10N4S2/c1-15-7-12-14-11(15)16-6-10-13-8-4-2-3-5-9(8)17-10/h2-5,7H,6H2,1H3. The topological polar surface area (TPSA) is 43.6 Å². The zero-order chi connectivity index (χ0) is 11.7. The highest BCUT2D eigenvalue weighted by Gasteiger charge is 2.06. The molecule has 0 amide bonds. The van der Waals surface area contributed by atoms with Crippen molar-refractivity contribution < 1.29 is 0 Å². The van der Waals surface area contributed by atoms with Crippen LogP contribution in [0.5, 0.6) is 0 Å². The molecule has 0 bridgehead atoms. The number of fused-ring (bicyclic) bond motifs is 1. The first-order chi connectivity index (χ1) is 8.33. The summed E-state index contributed by atoms with van der Waals surface area (Å²) in [6, 6.07) is 8.20. The number of hydrogen-bond acceptors (Lipinski definition) is 5. The van der Waals surface area contributed by atoms with Crippen molar-refractivity contribution in [1.82, 2.24) is 19.7 Å². The van der Waals surface area contributed by atoms with Crippen LogP contribution in [-0.2, 0) is 12.8 Å². The second-order valence-corrected chi connectivity index (χ2v) is 5.65. The minimum atomic E-state index is 0.839. The average molecular weight is 262 g/mol. The van der Waals surface area contributed by atoms with Crippen LogP contribution in [-0.4, -0.2) is 19.7 Å². The van der Waals surface area contributed by atoms with Crippen molar-refractivity contribution in [2.24, 2.45) is 7.05 Å². The normalized spacial score (nSPS) is 11.1. The Morgan fingerprint density at radius 2 is 2.24 bits per heavy atom. The molecule has 3 rings (SSSR count). The zero-order valence-electron chi connectivity index (χ0n) is 9.20. The molecule has 6 heteroatoms. The fourth-order valence-corrected chi connectivity index (χ4v) is 3.36. The van der Waals surface area contributed by atoms with Gasteiger partial charge in [-0.05, 0) is 12.1 Å². The molecule has 0 fully saturated rings. The fourth-order valence-electron chi connectivity index (χ4n) is 1.51. The van der Waals surface area contributed by atoms with E-state index in [0.717, 1.165) is 21.4 Å². The zero-order valence-corrected chi connectivity index (χ0v) is 10.8. The van der Waals surface area contributed by atoms with Gasteiger partial charge in [0.05, 0.1) is 16.0 Å². The van der Waals surface area contributed by atoms with E-state index in [2.05, 4.69) is 21.2 Å². The Morgan fingerprint density at radius 1 is 1.35 bits per heavy atom. The smallest absolute Gasteiger partial charge is 0.191 e. The number of para-hydroxylation sites is 1. The molecule has 0 saturated carbocycles. The number of thiazole rings is 1. The summed E-state index contributed by atoms with van der Waals surface area (Å²) in [5.74, 6) is 0.839. The highest BCUT2D eigenvalue weighted by atomic mass is 32.2. The van der Waals surface area contributed by atoms with Crippen LogP contribution in [0.15, 0.2) is 35.7 Å². The predicted octanol–water partition coefficient (Wildman–Crippen LogP) is 2.72. The monoisotopic (exact) mass is 262 g/mol. The Kier molecular flexibility index (Phi) is 2.82. The summed E-state index contributed by atoms with van der Waals surface area (Å²) < 4.78 is 3.15. The molecule has 2 aromatic heterocycles. The molecule has 0 radical (unpaired) electrons. The number of rotatable bonds is 3. The molecule has 0 spiro atoms. The summed E-state index contributed by atoms with van der Waals surface area (Å²) in [6.45, 7) is 0. The van der Waals surface area contributed by atoms with E-state index in [-0.39, 0.29) is 0 Å². The van der Waals surface area contributed by atoms with E-state index in [9.17, 15) is 0 Å². The first kappa shape index (κ1) is 10.7. The third kappa shape index (κ3) is 2.18. The number of nitrogens with zero attached hydrogens (tertiary/aromatic N) is 4. The highest BCUT2D eigenvalue weighted by Crippen LogP contribution is 2.27. The Hall–Kier alpha value is -1.40. The van der Waals surface area contributed by atoms with E-state index in [1.54, 1.807) is 29.4 Å². The van der Waals surface area contributed by atoms with Gasteiger partial charge in [0.1, 0.15) is 11.3 Å². The van der Waals surface area contributed by atoms with Crippen molar-refractivity contribution in [3.05, 3.63) is 35.6 Å². The van der Waals surface area contributed by atoms with Crippen molar-refractivity contribution in [2.75, 3.05) is 0 Å². The molecule has 0 unspecified atom stereocenters. The second-order valence-electron chi connectivity index (χ2n) is 3.59. The SMILES string of the molecule is Cn1cnnc1SCc1nc2ccccc2s1. The van der Waals surface area contributed by atoms with Crippen LogP contribution >= 0.6 is 23.1 Å². The van der Waals surface area contributed by atoms with Crippen molar-refractivity contribution in [2.45, 2.75) is 10.9 Å². The highest BCUT2D eigenvalue weighted by molar-refractivity contribution is 7.98. The summed E-state index contributed by atoms with van der Waals surface area (Å²) in [6.07, 6.45) is 1.71. The van der Waals surface area contributed by atoms with Gasteiger partial charge in [0.15, 0.2) is 5.16 Å². The lowest BCUT2D eigenvalue weighted by Gasteiger charge is -1.96.